The highest BCUT2D eigenvalue weighted by molar-refractivity contribution is 5.58. The normalized spacial score (nSPS) is 10.8. The molecule has 0 aliphatic carbocycles. The van der Waals surface area contributed by atoms with Gasteiger partial charge in [0, 0.05) is 13.1 Å². The first-order valence-corrected chi connectivity index (χ1v) is 7.73. The van der Waals surface area contributed by atoms with Crippen molar-refractivity contribution in [1.29, 1.82) is 0 Å². The van der Waals surface area contributed by atoms with Crippen molar-refractivity contribution in [2.45, 2.75) is 45.6 Å². The zero-order valence-corrected chi connectivity index (χ0v) is 13.5. The molecule has 0 saturated carbocycles. The van der Waals surface area contributed by atoms with Gasteiger partial charge in [0.15, 0.2) is 0 Å². The summed E-state index contributed by atoms with van der Waals surface area (Å²) < 4.78 is 5.42. The fourth-order valence-electron chi connectivity index (χ4n) is 2.31. The van der Waals surface area contributed by atoms with E-state index in [-0.39, 0.29) is 0 Å². The van der Waals surface area contributed by atoms with Gasteiger partial charge in [0.25, 0.3) is 0 Å². The van der Waals surface area contributed by atoms with E-state index in [1.165, 1.54) is 37.7 Å². The Morgan fingerprint density at radius 1 is 1.10 bits per heavy atom. The first-order valence-electron chi connectivity index (χ1n) is 7.73. The first kappa shape index (κ1) is 16.8. The van der Waals surface area contributed by atoms with Gasteiger partial charge in [0.1, 0.15) is 5.75 Å². The van der Waals surface area contributed by atoms with Crippen molar-refractivity contribution in [3.8, 4) is 5.75 Å². The lowest BCUT2D eigenvalue weighted by Crippen LogP contribution is -2.11. The van der Waals surface area contributed by atoms with Crippen molar-refractivity contribution in [1.82, 2.24) is 4.90 Å². The summed E-state index contributed by atoms with van der Waals surface area (Å²) >= 11 is 0. The van der Waals surface area contributed by atoms with E-state index < -0.39 is 0 Å². The molecule has 20 heavy (non-hydrogen) atoms. The van der Waals surface area contributed by atoms with E-state index in [9.17, 15) is 0 Å². The van der Waals surface area contributed by atoms with E-state index in [2.05, 4.69) is 49.4 Å². The highest BCUT2D eigenvalue weighted by Crippen LogP contribution is 2.26. The molecule has 1 rings (SSSR count). The number of methoxy groups -OCH3 is 1. The first-order chi connectivity index (χ1) is 9.67. The molecule has 0 saturated heterocycles. The molecule has 0 amide bonds. The van der Waals surface area contributed by atoms with E-state index in [0.717, 1.165) is 24.5 Å². The van der Waals surface area contributed by atoms with Crippen LogP contribution in [-0.2, 0) is 6.54 Å². The van der Waals surface area contributed by atoms with Crippen LogP contribution in [0.4, 0.5) is 5.69 Å². The number of hydrogen-bond donors (Lipinski definition) is 1. The smallest absolute Gasteiger partial charge is 0.141 e. The molecule has 0 aliphatic heterocycles. The van der Waals surface area contributed by atoms with Crippen molar-refractivity contribution in [2.75, 3.05) is 33.1 Å². The third-order valence-corrected chi connectivity index (χ3v) is 3.36. The van der Waals surface area contributed by atoms with Gasteiger partial charge in [-0.2, -0.15) is 0 Å². The van der Waals surface area contributed by atoms with Gasteiger partial charge in [-0.1, -0.05) is 38.7 Å². The molecule has 114 valence electrons. The zero-order chi connectivity index (χ0) is 14.8. The Morgan fingerprint density at radius 3 is 2.50 bits per heavy atom. The molecular weight excluding hydrogens is 248 g/mol. The molecular formula is C17H30N2O. The fraction of sp³-hybridized carbons (Fsp3) is 0.647. The number of hydrogen-bond acceptors (Lipinski definition) is 3. The molecule has 0 aliphatic rings. The molecule has 3 heteroatoms. The number of unbranched alkanes of at least 4 members (excludes halogenated alkanes) is 4. The van der Waals surface area contributed by atoms with Crippen LogP contribution in [0.5, 0.6) is 5.75 Å². The maximum absolute atomic E-state index is 5.42. The minimum Gasteiger partial charge on any atom is -0.495 e. The molecule has 1 aromatic carbocycles. The molecule has 0 unspecified atom stereocenters. The maximum atomic E-state index is 5.42. The predicted octanol–water partition coefficient (Wildman–Crippen LogP) is 4.14. The third kappa shape index (κ3) is 6.29. The monoisotopic (exact) mass is 278 g/mol. The van der Waals surface area contributed by atoms with Gasteiger partial charge < -0.3 is 15.0 Å². The molecule has 0 heterocycles. The average molecular weight is 278 g/mol. The topological polar surface area (TPSA) is 24.5 Å². The van der Waals surface area contributed by atoms with Gasteiger partial charge in [0.2, 0.25) is 0 Å². The Labute approximate surface area is 124 Å². The second kappa shape index (κ2) is 9.65. The lowest BCUT2D eigenvalue weighted by molar-refractivity contribution is 0.400. The van der Waals surface area contributed by atoms with Crippen LogP contribution < -0.4 is 10.1 Å². The summed E-state index contributed by atoms with van der Waals surface area (Å²) in [6, 6.07) is 6.38. The second-order valence-electron chi connectivity index (χ2n) is 5.61. The van der Waals surface area contributed by atoms with E-state index in [1.54, 1.807) is 7.11 Å². The predicted molar refractivity (Wildman–Crippen MR) is 87.6 cm³/mol. The van der Waals surface area contributed by atoms with Gasteiger partial charge in [-0.25, -0.2) is 0 Å². The minimum atomic E-state index is 0.932. The van der Waals surface area contributed by atoms with Crippen LogP contribution in [-0.4, -0.2) is 32.6 Å². The standard InChI is InChI=1S/C17H30N2O/c1-5-6-7-8-9-12-18-16-13-15(14-19(2)3)10-11-17(16)20-4/h10-11,13,18H,5-9,12,14H2,1-4H3. The number of rotatable bonds is 10. The molecule has 1 aromatic rings. The molecule has 0 radical (unpaired) electrons. The van der Waals surface area contributed by atoms with Gasteiger partial charge in [-0.05, 0) is 38.2 Å². The molecule has 0 bridgehead atoms. The zero-order valence-electron chi connectivity index (χ0n) is 13.5. The minimum absolute atomic E-state index is 0.932. The van der Waals surface area contributed by atoms with Gasteiger partial charge in [0.05, 0.1) is 12.8 Å². The lowest BCUT2D eigenvalue weighted by atomic mass is 10.1. The van der Waals surface area contributed by atoms with E-state index >= 15 is 0 Å². The third-order valence-electron chi connectivity index (χ3n) is 3.36. The summed E-state index contributed by atoms with van der Waals surface area (Å²) in [5.41, 5.74) is 2.42. The Balaban J connectivity index is 2.48. The Morgan fingerprint density at radius 2 is 1.85 bits per heavy atom. The summed E-state index contributed by atoms with van der Waals surface area (Å²) in [7, 11) is 5.91. The van der Waals surface area contributed by atoms with Crippen molar-refractivity contribution in [3.05, 3.63) is 23.8 Å². The van der Waals surface area contributed by atoms with Gasteiger partial charge >= 0.3 is 0 Å². The summed E-state index contributed by atoms with van der Waals surface area (Å²) in [4.78, 5) is 2.18. The van der Waals surface area contributed by atoms with Gasteiger partial charge in [-0.15, -0.1) is 0 Å². The van der Waals surface area contributed by atoms with Crippen LogP contribution in [0.15, 0.2) is 18.2 Å². The van der Waals surface area contributed by atoms with Crippen LogP contribution in [0.3, 0.4) is 0 Å². The summed E-state index contributed by atoms with van der Waals surface area (Å²) in [5.74, 6) is 0.932. The van der Waals surface area contributed by atoms with Crippen molar-refractivity contribution >= 4 is 5.69 Å². The molecule has 0 aromatic heterocycles. The molecule has 3 nitrogen and oxygen atoms in total. The summed E-state index contributed by atoms with van der Waals surface area (Å²) in [5, 5.41) is 3.51. The average Bonchev–Trinajstić information content (AvgIpc) is 2.42. The Kier molecular flexibility index (Phi) is 8.12. The number of nitrogens with one attached hydrogen (secondary N) is 1. The highest BCUT2D eigenvalue weighted by atomic mass is 16.5. The summed E-state index contributed by atoms with van der Waals surface area (Å²) in [6.07, 6.45) is 6.52. The number of nitrogens with zero attached hydrogens (tertiary/aromatic N) is 1. The fourth-order valence-corrected chi connectivity index (χ4v) is 2.31. The Hall–Kier alpha value is -1.22. The van der Waals surface area contributed by atoms with Crippen LogP contribution in [0.1, 0.15) is 44.6 Å². The number of benzene rings is 1. The quantitative estimate of drug-likeness (QED) is 0.651. The van der Waals surface area contributed by atoms with Crippen molar-refractivity contribution in [2.24, 2.45) is 0 Å². The number of ether oxygens (including phenoxy) is 1. The Bertz CT molecular complexity index is 377. The SMILES string of the molecule is CCCCCCCNc1cc(CN(C)C)ccc1OC. The van der Waals surface area contributed by atoms with Gasteiger partial charge in [-0.3, -0.25) is 0 Å². The molecule has 0 spiro atoms. The van der Waals surface area contributed by atoms with Crippen molar-refractivity contribution in [3.63, 3.8) is 0 Å². The number of anilines is 1. The molecule has 0 fully saturated rings. The lowest BCUT2D eigenvalue weighted by Gasteiger charge is -2.15. The van der Waals surface area contributed by atoms with Crippen LogP contribution in [0, 0.1) is 0 Å². The van der Waals surface area contributed by atoms with Crippen LogP contribution in [0.2, 0.25) is 0 Å². The molecule has 1 N–H and O–H groups in total. The molecule has 0 atom stereocenters. The van der Waals surface area contributed by atoms with E-state index in [0.29, 0.717) is 0 Å². The second-order valence-corrected chi connectivity index (χ2v) is 5.61. The van der Waals surface area contributed by atoms with Crippen LogP contribution in [0.25, 0.3) is 0 Å². The van der Waals surface area contributed by atoms with Crippen molar-refractivity contribution < 1.29 is 4.74 Å². The highest BCUT2D eigenvalue weighted by Gasteiger charge is 2.04. The van der Waals surface area contributed by atoms with E-state index in [1.807, 2.05) is 0 Å². The van der Waals surface area contributed by atoms with Crippen LogP contribution >= 0.6 is 0 Å². The summed E-state index contributed by atoms with van der Waals surface area (Å²) in [6.45, 7) is 4.22. The maximum Gasteiger partial charge on any atom is 0.141 e. The largest absolute Gasteiger partial charge is 0.495 e. The van der Waals surface area contributed by atoms with E-state index in [4.69, 9.17) is 4.74 Å².